The number of nitrogens with zero attached hydrogens (tertiary/aromatic N) is 2. The molecular weight excluding hydrogens is 272 g/mol. The molecule has 1 fully saturated rings. The monoisotopic (exact) mass is 290 g/mol. The number of hydrogen-bond donors (Lipinski definition) is 1. The summed E-state index contributed by atoms with van der Waals surface area (Å²) in [6, 6.07) is 0. The number of β-amino-alcohol motifs (C(OH)–C–C–N with tert-alkyl or cyclic N) is 1. The largest absolute Gasteiger partial charge is 0.392 e. The van der Waals surface area contributed by atoms with Crippen LogP contribution in [0.3, 0.4) is 0 Å². The van der Waals surface area contributed by atoms with Gasteiger partial charge in [0.05, 0.1) is 11.8 Å². The molecule has 0 aromatic carbocycles. The number of piperidine rings is 1. The first-order chi connectivity index (χ1) is 8.42. The van der Waals surface area contributed by atoms with Crippen LogP contribution in [-0.4, -0.2) is 48.9 Å². The number of aromatic nitrogens is 1. The van der Waals surface area contributed by atoms with Crippen LogP contribution >= 0.6 is 11.3 Å². The van der Waals surface area contributed by atoms with Crippen LogP contribution in [0, 0.1) is 0 Å². The van der Waals surface area contributed by atoms with Crippen molar-refractivity contribution in [1.29, 1.82) is 0 Å². The first-order valence-corrected chi connectivity index (χ1v) is 8.88. The maximum atomic E-state index is 11.2. The highest BCUT2D eigenvalue weighted by Gasteiger charge is 2.18. The molecule has 0 saturated carbocycles. The summed E-state index contributed by atoms with van der Waals surface area (Å²) in [6.07, 6.45) is 2.84. The van der Waals surface area contributed by atoms with Crippen molar-refractivity contribution in [3.63, 3.8) is 0 Å². The topological polar surface area (TPSA) is 70.5 Å². The van der Waals surface area contributed by atoms with E-state index in [9.17, 15) is 13.5 Å². The minimum atomic E-state index is -3.01. The molecule has 2 heterocycles. The summed E-state index contributed by atoms with van der Waals surface area (Å²) in [4.78, 5) is 6.49. The number of likely N-dealkylation sites (tertiary alicyclic amines) is 1. The first-order valence-electron chi connectivity index (χ1n) is 5.94. The number of aliphatic hydroxyl groups excluding tert-OH is 1. The van der Waals surface area contributed by atoms with Crippen LogP contribution in [-0.2, 0) is 22.1 Å². The molecule has 7 heteroatoms. The number of thiazole rings is 1. The Kier molecular flexibility index (Phi) is 4.37. The van der Waals surface area contributed by atoms with Gasteiger partial charge in [-0.3, -0.25) is 4.90 Å². The normalized spacial score (nSPS) is 22.2. The quantitative estimate of drug-likeness (QED) is 0.881. The van der Waals surface area contributed by atoms with Crippen molar-refractivity contribution in [2.45, 2.75) is 31.2 Å². The Balaban J connectivity index is 1.94. The summed E-state index contributed by atoms with van der Waals surface area (Å²) in [5.74, 6) is 0.0142. The molecule has 1 aliphatic heterocycles. The molecule has 1 aliphatic rings. The average molecular weight is 290 g/mol. The van der Waals surface area contributed by atoms with E-state index < -0.39 is 9.84 Å². The fourth-order valence-electron chi connectivity index (χ4n) is 2.12. The highest BCUT2D eigenvalue weighted by atomic mass is 32.2. The van der Waals surface area contributed by atoms with Crippen LogP contribution in [0.4, 0.5) is 0 Å². The minimum Gasteiger partial charge on any atom is -0.392 e. The molecule has 1 aromatic heterocycles. The Morgan fingerprint density at radius 1 is 1.61 bits per heavy atom. The van der Waals surface area contributed by atoms with Gasteiger partial charge in [0.2, 0.25) is 0 Å². The second-order valence-corrected chi connectivity index (χ2v) is 7.92. The molecule has 2 rings (SSSR count). The first kappa shape index (κ1) is 13.9. The molecule has 0 amide bonds. The lowest BCUT2D eigenvalue weighted by molar-refractivity contribution is 0.0663. The van der Waals surface area contributed by atoms with Gasteiger partial charge in [0.1, 0.15) is 10.8 Å². The van der Waals surface area contributed by atoms with Gasteiger partial charge in [-0.15, -0.1) is 11.3 Å². The van der Waals surface area contributed by atoms with Crippen molar-refractivity contribution in [3.8, 4) is 0 Å². The van der Waals surface area contributed by atoms with Gasteiger partial charge in [0.15, 0.2) is 9.84 Å². The molecule has 0 spiro atoms. The van der Waals surface area contributed by atoms with E-state index in [1.807, 2.05) is 5.38 Å². The number of rotatable bonds is 4. The molecule has 102 valence electrons. The van der Waals surface area contributed by atoms with E-state index in [4.69, 9.17) is 0 Å². The molecule has 1 unspecified atom stereocenters. The summed E-state index contributed by atoms with van der Waals surface area (Å²) >= 11 is 1.39. The minimum absolute atomic E-state index is 0.0142. The molecule has 1 N–H and O–H groups in total. The molecule has 18 heavy (non-hydrogen) atoms. The van der Waals surface area contributed by atoms with Crippen molar-refractivity contribution in [2.24, 2.45) is 0 Å². The number of aliphatic hydroxyl groups is 1. The van der Waals surface area contributed by atoms with Crippen molar-refractivity contribution in [3.05, 3.63) is 16.1 Å². The zero-order valence-corrected chi connectivity index (χ0v) is 12.0. The zero-order valence-electron chi connectivity index (χ0n) is 10.4. The Hall–Kier alpha value is -0.500. The van der Waals surface area contributed by atoms with Gasteiger partial charge in [-0.2, -0.15) is 0 Å². The van der Waals surface area contributed by atoms with Crippen LogP contribution in [0.2, 0.25) is 0 Å². The molecule has 0 radical (unpaired) electrons. The van der Waals surface area contributed by atoms with Crippen molar-refractivity contribution in [2.75, 3.05) is 19.3 Å². The van der Waals surface area contributed by atoms with Gasteiger partial charge < -0.3 is 5.11 Å². The highest BCUT2D eigenvalue weighted by molar-refractivity contribution is 7.90. The lowest BCUT2D eigenvalue weighted by Crippen LogP contribution is -2.37. The van der Waals surface area contributed by atoms with E-state index in [0.29, 0.717) is 18.1 Å². The van der Waals surface area contributed by atoms with Crippen LogP contribution in [0.1, 0.15) is 23.5 Å². The maximum absolute atomic E-state index is 11.2. The summed E-state index contributed by atoms with van der Waals surface area (Å²) in [7, 11) is -3.01. The fraction of sp³-hybridized carbons (Fsp3) is 0.727. The second kappa shape index (κ2) is 5.64. The Morgan fingerprint density at radius 2 is 2.39 bits per heavy atom. The van der Waals surface area contributed by atoms with Crippen molar-refractivity contribution >= 4 is 21.2 Å². The van der Waals surface area contributed by atoms with E-state index in [1.165, 1.54) is 17.6 Å². The maximum Gasteiger partial charge on any atom is 0.153 e. The van der Waals surface area contributed by atoms with Crippen LogP contribution in [0.15, 0.2) is 5.38 Å². The lowest BCUT2D eigenvalue weighted by Gasteiger charge is -2.29. The third-order valence-electron chi connectivity index (χ3n) is 2.85. The third kappa shape index (κ3) is 4.31. The van der Waals surface area contributed by atoms with Gasteiger partial charge in [0.25, 0.3) is 0 Å². The molecule has 0 bridgehead atoms. The van der Waals surface area contributed by atoms with Gasteiger partial charge in [-0.1, -0.05) is 0 Å². The lowest BCUT2D eigenvalue weighted by atomic mass is 10.1. The Bertz CT molecular complexity index is 498. The van der Waals surface area contributed by atoms with Crippen LogP contribution < -0.4 is 0 Å². The molecule has 1 saturated heterocycles. The SMILES string of the molecule is CS(=O)(=O)Cc1nc(CN2CCCC(O)C2)cs1. The van der Waals surface area contributed by atoms with E-state index in [1.54, 1.807) is 0 Å². The fourth-order valence-corrected chi connectivity index (χ4v) is 4.11. The van der Waals surface area contributed by atoms with E-state index in [2.05, 4.69) is 9.88 Å². The van der Waals surface area contributed by atoms with Crippen LogP contribution in [0.5, 0.6) is 0 Å². The zero-order chi connectivity index (χ0) is 13.2. The molecule has 0 aliphatic carbocycles. The van der Waals surface area contributed by atoms with E-state index >= 15 is 0 Å². The Morgan fingerprint density at radius 3 is 3.06 bits per heavy atom. The molecular formula is C11H18N2O3S2. The summed E-state index contributed by atoms with van der Waals surface area (Å²) in [5.41, 5.74) is 0.896. The van der Waals surface area contributed by atoms with E-state index in [0.717, 1.165) is 25.1 Å². The number of sulfone groups is 1. The van der Waals surface area contributed by atoms with Gasteiger partial charge in [0, 0.05) is 24.7 Å². The summed E-state index contributed by atoms with van der Waals surface area (Å²) < 4.78 is 22.3. The standard InChI is InChI=1S/C11H18N2O3S2/c1-18(15,16)8-11-12-9(7-17-11)5-13-4-2-3-10(14)6-13/h7,10,14H,2-6,8H2,1H3. The van der Waals surface area contributed by atoms with Crippen LogP contribution in [0.25, 0.3) is 0 Å². The molecule has 5 nitrogen and oxygen atoms in total. The van der Waals surface area contributed by atoms with Gasteiger partial charge in [-0.05, 0) is 19.4 Å². The predicted octanol–water partition coefficient (Wildman–Crippen LogP) is 0.644. The smallest absolute Gasteiger partial charge is 0.153 e. The Labute approximate surface area is 111 Å². The number of hydrogen-bond acceptors (Lipinski definition) is 6. The second-order valence-electron chi connectivity index (χ2n) is 4.83. The van der Waals surface area contributed by atoms with Gasteiger partial charge >= 0.3 is 0 Å². The molecule has 1 atom stereocenters. The van der Waals surface area contributed by atoms with Crippen molar-refractivity contribution < 1.29 is 13.5 Å². The van der Waals surface area contributed by atoms with Crippen molar-refractivity contribution in [1.82, 2.24) is 9.88 Å². The molecule has 1 aromatic rings. The van der Waals surface area contributed by atoms with Gasteiger partial charge in [-0.25, -0.2) is 13.4 Å². The predicted molar refractivity (Wildman–Crippen MR) is 71.2 cm³/mol. The third-order valence-corrected chi connectivity index (χ3v) is 4.73. The summed E-state index contributed by atoms with van der Waals surface area (Å²) in [6.45, 7) is 2.34. The van der Waals surface area contributed by atoms with E-state index in [-0.39, 0.29) is 11.9 Å². The highest BCUT2D eigenvalue weighted by Crippen LogP contribution is 2.17. The summed E-state index contributed by atoms with van der Waals surface area (Å²) in [5, 5.41) is 12.1. The average Bonchev–Trinajstić information content (AvgIpc) is 2.62.